The summed E-state index contributed by atoms with van der Waals surface area (Å²) in [6.45, 7) is 4.26. The van der Waals surface area contributed by atoms with Gasteiger partial charge in [-0.25, -0.2) is 0 Å². The molecule has 3 nitrogen and oxygen atoms in total. The van der Waals surface area contributed by atoms with Gasteiger partial charge in [-0.05, 0) is 35.7 Å². The lowest BCUT2D eigenvalue weighted by Crippen LogP contribution is -2.15. The Hall–Kier alpha value is -2.16. The molecule has 1 N–H and O–H groups in total. The number of fused-ring (bicyclic) bond motifs is 1. The van der Waals surface area contributed by atoms with Crippen molar-refractivity contribution < 1.29 is 9.47 Å². The number of benzene rings is 2. The molecule has 0 bridgehead atoms. The van der Waals surface area contributed by atoms with Crippen LogP contribution in [0.25, 0.3) is 0 Å². The van der Waals surface area contributed by atoms with E-state index in [4.69, 9.17) is 9.47 Å². The maximum absolute atomic E-state index is 5.63. The van der Waals surface area contributed by atoms with Crippen LogP contribution >= 0.6 is 0 Å². The minimum absolute atomic E-state index is 0.628. The van der Waals surface area contributed by atoms with Crippen LogP contribution in [0.3, 0.4) is 0 Å². The summed E-state index contributed by atoms with van der Waals surface area (Å²) in [5.41, 5.74) is 3.79. The summed E-state index contributed by atoms with van der Waals surface area (Å²) in [6, 6.07) is 14.6. The van der Waals surface area contributed by atoms with Crippen molar-refractivity contribution in [3.8, 4) is 11.5 Å². The van der Waals surface area contributed by atoms with E-state index in [1.807, 2.05) is 6.07 Å². The summed E-state index contributed by atoms with van der Waals surface area (Å²) in [5, 5.41) is 3.52. The molecule has 0 unspecified atom stereocenters. The van der Waals surface area contributed by atoms with E-state index < -0.39 is 0 Å². The Morgan fingerprint density at radius 2 is 1.81 bits per heavy atom. The Labute approximate surface area is 125 Å². The van der Waals surface area contributed by atoms with Gasteiger partial charge in [0.05, 0.1) is 0 Å². The molecule has 0 aliphatic carbocycles. The second-order valence-corrected chi connectivity index (χ2v) is 5.24. The van der Waals surface area contributed by atoms with E-state index in [-0.39, 0.29) is 0 Å². The third kappa shape index (κ3) is 3.30. The summed E-state index contributed by atoms with van der Waals surface area (Å²) >= 11 is 0. The highest BCUT2D eigenvalue weighted by molar-refractivity contribution is 5.52. The Morgan fingerprint density at radius 1 is 1.00 bits per heavy atom. The number of rotatable bonds is 5. The summed E-state index contributed by atoms with van der Waals surface area (Å²) < 4.78 is 11.2. The maximum atomic E-state index is 5.63. The van der Waals surface area contributed by atoms with Crippen LogP contribution in [0.15, 0.2) is 42.5 Å². The van der Waals surface area contributed by atoms with E-state index in [0.29, 0.717) is 13.2 Å². The Morgan fingerprint density at radius 3 is 2.67 bits per heavy atom. The molecule has 1 heterocycles. The largest absolute Gasteiger partial charge is 0.486 e. The van der Waals surface area contributed by atoms with Crippen LogP contribution in [-0.4, -0.2) is 13.2 Å². The quantitative estimate of drug-likeness (QED) is 0.899. The molecule has 110 valence electrons. The van der Waals surface area contributed by atoms with Gasteiger partial charge in [0, 0.05) is 12.2 Å². The predicted octanol–water partition coefficient (Wildman–Crippen LogP) is 4.02. The fourth-order valence-electron chi connectivity index (χ4n) is 2.58. The van der Waals surface area contributed by atoms with Gasteiger partial charge in [-0.1, -0.05) is 37.6 Å². The van der Waals surface area contributed by atoms with Gasteiger partial charge >= 0.3 is 0 Å². The van der Waals surface area contributed by atoms with Gasteiger partial charge in [0.1, 0.15) is 13.2 Å². The van der Waals surface area contributed by atoms with Crippen molar-refractivity contribution in [2.24, 2.45) is 0 Å². The number of hydrogen-bond donors (Lipinski definition) is 1. The van der Waals surface area contributed by atoms with Crippen LogP contribution in [0, 0.1) is 0 Å². The Balaban J connectivity index is 1.70. The molecule has 3 heteroatoms. The van der Waals surface area contributed by atoms with E-state index in [1.54, 1.807) is 0 Å². The van der Waals surface area contributed by atoms with Gasteiger partial charge in [-0.2, -0.15) is 0 Å². The summed E-state index contributed by atoms with van der Waals surface area (Å²) in [7, 11) is 0. The molecule has 0 radical (unpaired) electrons. The van der Waals surface area contributed by atoms with Crippen LogP contribution in [0.2, 0.25) is 0 Å². The molecular weight excluding hydrogens is 262 g/mol. The smallest absolute Gasteiger partial charge is 0.161 e. The van der Waals surface area contributed by atoms with Crippen LogP contribution < -0.4 is 14.8 Å². The monoisotopic (exact) mass is 283 g/mol. The highest BCUT2D eigenvalue weighted by atomic mass is 16.6. The number of aryl methyl sites for hydroxylation is 1. The molecule has 0 saturated carbocycles. The van der Waals surface area contributed by atoms with Crippen molar-refractivity contribution in [2.45, 2.75) is 26.3 Å². The van der Waals surface area contributed by atoms with E-state index >= 15 is 0 Å². The Bertz CT molecular complexity index is 610. The minimum Gasteiger partial charge on any atom is -0.486 e. The molecule has 1 aliphatic heterocycles. The summed E-state index contributed by atoms with van der Waals surface area (Å²) in [6.07, 6.45) is 2.26. The van der Waals surface area contributed by atoms with Crippen molar-refractivity contribution in [1.29, 1.82) is 0 Å². The van der Waals surface area contributed by atoms with Crippen molar-refractivity contribution in [3.05, 3.63) is 53.6 Å². The zero-order chi connectivity index (χ0) is 14.5. The van der Waals surface area contributed by atoms with Crippen molar-refractivity contribution in [3.63, 3.8) is 0 Å². The van der Waals surface area contributed by atoms with Crippen molar-refractivity contribution in [2.75, 3.05) is 18.5 Å². The van der Waals surface area contributed by atoms with Crippen LogP contribution in [0.4, 0.5) is 5.69 Å². The predicted molar refractivity (Wildman–Crippen MR) is 85.2 cm³/mol. The number of nitrogens with one attached hydrogen (secondary N) is 1. The Kier molecular flexibility index (Phi) is 4.29. The normalized spacial score (nSPS) is 13.0. The lowest BCUT2D eigenvalue weighted by Gasteiger charge is -2.19. The van der Waals surface area contributed by atoms with Crippen LogP contribution in [-0.2, 0) is 13.0 Å². The van der Waals surface area contributed by atoms with Gasteiger partial charge in [-0.3, -0.25) is 0 Å². The molecule has 0 spiro atoms. The van der Waals surface area contributed by atoms with Gasteiger partial charge in [-0.15, -0.1) is 0 Å². The zero-order valence-corrected chi connectivity index (χ0v) is 12.4. The molecule has 2 aromatic carbocycles. The van der Waals surface area contributed by atoms with E-state index in [2.05, 4.69) is 48.6 Å². The first kappa shape index (κ1) is 13.8. The minimum atomic E-state index is 0.628. The topological polar surface area (TPSA) is 30.5 Å². The van der Waals surface area contributed by atoms with Crippen LogP contribution in [0.5, 0.6) is 11.5 Å². The van der Waals surface area contributed by atoms with Crippen molar-refractivity contribution >= 4 is 5.69 Å². The molecule has 0 amide bonds. The second-order valence-electron chi connectivity index (χ2n) is 5.24. The SMILES string of the molecule is CCCc1ccccc1NCc1ccc2c(c1)OCCO2. The highest BCUT2D eigenvalue weighted by Crippen LogP contribution is 2.31. The number of anilines is 1. The molecule has 0 atom stereocenters. The number of hydrogen-bond acceptors (Lipinski definition) is 3. The van der Waals surface area contributed by atoms with Crippen LogP contribution in [0.1, 0.15) is 24.5 Å². The fraction of sp³-hybridized carbons (Fsp3) is 0.333. The molecule has 0 aromatic heterocycles. The van der Waals surface area contributed by atoms with E-state index in [1.165, 1.54) is 16.8 Å². The van der Waals surface area contributed by atoms with Crippen molar-refractivity contribution in [1.82, 2.24) is 0 Å². The standard InChI is InChI=1S/C18H21NO2/c1-2-5-15-6-3-4-7-16(15)19-13-14-8-9-17-18(12-14)21-11-10-20-17/h3-4,6-9,12,19H,2,5,10-11,13H2,1H3. The summed E-state index contributed by atoms with van der Waals surface area (Å²) in [4.78, 5) is 0. The molecule has 2 aromatic rings. The lowest BCUT2D eigenvalue weighted by atomic mass is 10.1. The molecule has 1 aliphatic rings. The third-order valence-electron chi connectivity index (χ3n) is 3.63. The van der Waals surface area contributed by atoms with E-state index in [9.17, 15) is 0 Å². The zero-order valence-electron chi connectivity index (χ0n) is 12.4. The first-order valence-electron chi connectivity index (χ1n) is 7.57. The average Bonchev–Trinajstić information content (AvgIpc) is 2.54. The van der Waals surface area contributed by atoms with Gasteiger partial charge < -0.3 is 14.8 Å². The summed E-state index contributed by atoms with van der Waals surface area (Å²) in [5.74, 6) is 1.69. The molecule has 3 rings (SSSR count). The lowest BCUT2D eigenvalue weighted by molar-refractivity contribution is 0.171. The van der Waals surface area contributed by atoms with E-state index in [0.717, 1.165) is 30.9 Å². The molecule has 0 saturated heterocycles. The molecular formula is C18H21NO2. The first-order valence-corrected chi connectivity index (χ1v) is 7.57. The molecule has 0 fully saturated rings. The first-order chi connectivity index (χ1) is 10.4. The third-order valence-corrected chi connectivity index (χ3v) is 3.63. The fourth-order valence-corrected chi connectivity index (χ4v) is 2.58. The highest BCUT2D eigenvalue weighted by Gasteiger charge is 2.11. The molecule has 21 heavy (non-hydrogen) atoms. The van der Waals surface area contributed by atoms with Gasteiger partial charge in [0.15, 0.2) is 11.5 Å². The maximum Gasteiger partial charge on any atom is 0.161 e. The number of para-hydroxylation sites is 1. The van der Waals surface area contributed by atoms with Gasteiger partial charge in [0.2, 0.25) is 0 Å². The average molecular weight is 283 g/mol. The van der Waals surface area contributed by atoms with Gasteiger partial charge in [0.25, 0.3) is 0 Å². The second kappa shape index (κ2) is 6.53. The number of ether oxygens (including phenoxy) is 2.